The van der Waals surface area contributed by atoms with Crippen LogP contribution in [-0.2, 0) is 17.9 Å². The lowest BCUT2D eigenvalue weighted by Gasteiger charge is -2.32. The molecule has 1 amide bonds. The summed E-state index contributed by atoms with van der Waals surface area (Å²) in [5.41, 5.74) is 0. The molecular weight excluding hydrogens is 340 g/mol. The average Bonchev–Trinajstić information content (AvgIpc) is 3.23. The predicted molar refractivity (Wildman–Crippen MR) is 99.7 cm³/mol. The molecular formula is C17H31ClN6O. The predicted octanol–water partition coefficient (Wildman–Crippen LogP) is 1.11. The molecule has 2 fully saturated rings. The Morgan fingerprint density at radius 2 is 2.16 bits per heavy atom. The fraction of sp³-hybridized carbons (Fsp3) is 0.824. The van der Waals surface area contributed by atoms with E-state index in [9.17, 15) is 4.79 Å². The Hall–Kier alpha value is -1.18. The first-order valence-corrected chi connectivity index (χ1v) is 9.29. The summed E-state index contributed by atoms with van der Waals surface area (Å²) >= 11 is 0. The maximum atomic E-state index is 12.1. The van der Waals surface area contributed by atoms with E-state index in [0.29, 0.717) is 5.92 Å². The highest BCUT2D eigenvalue weighted by molar-refractivity contribution is 5.85. The molecule has 0 radical (unpaired) electrons. The van der Waals surface area contributed by atoms with Crippen molar-refractivity contribution in [3.63, 3.8) is 0 Å². The van der Waals surface area contributed by atoms with Gasteiger partial charge in [-0.3, -0.25) is 9.69 Å². The van der Waals surface area contributed by atoms with Crippen LogP contribution in [0.1, 0.15) is 44.3 Å². The highest BCUT2D eigenvalue weighted by atomic mass is 35.5. The number of nitrogens with zero attached hydrogens (tertiary/aromatic N) is 4. The minimum Gasteiger partial charge on any atom is -0.354 e. The van der Waals surface area contributed by atoms with Gasteiger partial charge in [0.15, 0.2) is 0 Å². The van der Waals surface area contributed by atoms with Crippen molar-refractivity contribution < 1.29 is 4.79 Å². The van der Waals surface area contributed by atoms with E-state index in [0.717, 1.165) is 63.8 Å². The summed E-state index contributed by atoms with van der Waals surface area (Å²) in [5.74, 6) is 2.74. The molecule has 7 nitrogen and oxygen atoms in total. The number of hydrogen-bond donors (Lipinski definition) is 2. The van der Waals surface area contributed by atoms with Gasteiger partial charge in [-0.1, -0.05) is 0 Å². The molecule has 0 bridgehead atoms. The van der Waals surface area contributed by atoms with Gasteiger partial charge in [0.1, 0.15) is 11.6 Å². The summed E-state index contributed by atoms with van der Waals surface area (Å²) < 4.78 is 2.18. The van der Waals surface area contributed by atoms with Crippen LogP contribution < -0.4 is 10.6 Å². The van der Waals surface area contributed by atoms with Crippen LogP contribution in [0.2, 0.25) is 0 Å². The highest BCUT2D eigenvalue weighted by Gasteiger charge is 2.25. The fourth-order valence-electron chi connectivity index (χ4n) is 3.89. The number of carbonyl (C=O) groups excluding carboxylic acids is 1. The fourth-order valence-corrected chi connectivity index (χ4v) is 3.89. The molecule has 0 aliphatic carbocycles. The van der Waals surface area contributed by atoms with Crippen molar-refractivity contribution in [2.75, 3.05) is 26.2 Å². The lowest BCUT2D eigenvalue weighted by Crippen LogP contribution is -2.45. The standard InChI is InChI=1S/C17H30N6O.ClH/c1-3-23-13(2)20-21-16(23)12-22-9-5-6-14(11-22)10-19-17(24)15-7-4-8-18-15;/h14-15,18H,3-12H2,1-2H3,(H,19,24);1H. The van der Waals surface area contributed by atoms with Crippen LogP contribution in [0.4, 0.5) is 0 Å². The first-order valence-electron chi connectivity index (χ1n) is 9.29. The second-order valence-electron chi connectivity index (χ2n) is 7.05. The van der Waals surface area contributed by atoms with Crippen LogP contribution in [0.3, 0.4) is 0 Å². The molecule has 0 saturated carbocycles. The zero-order chi connectivity index (χ0) is 16.9. The van der Waals surface area contributed by atoms with Crippen LogP contribution in [0.25, 0.3) is 0 Å². The first kappa shape index (κ1) is 20.1. The summed E-state index contributed by atoms with van der Waals surface area (Å²) in [6.45, 7) is 9.77. The molecule has 3 heterocycles. The van der Waals surface area contributed by atoms with Gasteiger partial charge in [0.2, 0.25) is 5.91 Å². The molecule has 8 heteroatoms. The molecule has 2 saturated heterocycles. The summed E-state index contributed by atoms with van der Waals surface area (Å²) in [5, 5.41) is 14.9. The van der Waals surface area contributed by atoms with Crippen LogP contribution in [-0.4, -0.2) is 57.8 Å². The first-order chi connectivity index (χ1) is 11.7. The zero-order valence-corrected chi connectivity index (χ0v) is 16.1. The van der Waals surface area contributed by atoms with E-state index in [1.807, 2.05) is 6.92 Å². The number of carbonyl (C=O) groups is 1. The summed E-state index contributed by atoms with van der Waals surface area (Å²) in [6, 6.07) is 0.0239. The maximum absolute atomic E-state index is 12.1. The molecule has 0 spiro atoms. The van der Waals surface area contributed by atoms with E-state index in [4.69, 9.17) is 0 Å². The third kappa shape index (κ3) is 5.15. The van der Waals surface area contributed by atoms with E-state index in [-0.39, 0.29) is 24.4 Å². The Bertz CT molecular complexity index is 557. The Labute approximate surface area is 156 Å². The van der Waals surface area contributed by atoms with Gasteiger partial charge < -0.3 is 15.2 Å². The minimum absolute atomic E-state index is 0. The van der Waals surface area contributed by atoms with Crippen LogP contribution in [0.15, 0.2) is 0 Å². The van der Waals surface area contributed by atoms with E-state index in [1.54, 1.807) is 0 Å². The van der Waals surface area contributed by atoms with Gasteiger partial charge in [-0.05, 0) is 58.5 Å². The number of piperidine rings is 1. The molecule has 0 aromatic carbocycles. The van der Waals surface area contributed by atoms with E-state index in [2.05, 4.69) is 37.2 Å². The molecule has 2 aliphatic heterocycles. The molecule has 142 valence electrons. The topological polar surface area (TPSA) is 75.1 Å². The highest BCUT2D eigenvalue weighted by Crippen LogP contribution is 2.18. The monoisotopic (exact) mass is 370 g/mol. The van der Waals surface area contributed by atoms with E-state index >= 15 is 0 Å². The number of halogens is 1. The number of rotatable bonds is 6. The Kier molecular flexibility index (Phi) is 7.65. The van der Waals surface area contributed by atoms with Crippen molar-refractivity contribution in [3.05, 3.63) is 11.6 Å². The largest absolute Gasteiger partial charge is 0.354 e. The lowest BCUT2D eigenvalue weighted by molar-refractivity contribution is -0.123. The number of nitrogens with one attached hydrogen (secondary N) is 2. The van der Waals surface area contributed by atoms with Crippen molar-refractivity contribution >= 4 is 18.3 Å². The van der Waals surface area contributed by atoms with Crippen molar-refractivity contribution in [2.45, 2.75) is 58.7 Å². The normalized spacial score (nSPS) is 24.1. The SMILES string of the molecule is CCn1c(C)nnc1CN1CCCC(CNC(=O)C2CCCN2)C1.Cl. The van der Waals surface area contributed by atoms with Crippen LogP contribution in [0, 0.1) is 12.8 Å². The number of likely N-dealkylation sites (tertiary alicyclic amines) is 1. The van der Waals surface area contributed by atoms with Crippen LogP contribution in [0.5, 0.6) is 0 Å². The third-order valence-electron chi connectivity index (χ3n) is 5.24. The van der Waals surface area contributed by atoms with Gasteiger partial charge in [-0.25, -0.2) is 0 Å². The van der Waals surface area contributed by atoms with Gasteiger partial charge in [0.05, 0.1) is 12.6 Å². The Balaban J connectivity index is 0.00000225. The number of aromatic nitrogens is 3. The van der Waals surface area contributed by atoms with Gasteiger partial charge >= 0.3 is 0 Å². The van der Waals surface area contributed by atoms with Gasteiger partial charge in [-0.15, -0.1) is 22.6 Å². The van der Waals surface area contributed by atoms with Crippen LogP contribution >= 0.6 is 12.4 Å². The van der Waals surface area contributed by atoms with Crippen molar-refractivity contribution in [3.8, 4) is 0 Å². The van der Waals surface area contributed by atoms with E-state index in [1.165, 1.54) is 12.8 Å². The molecule has 2 atom stereocenters. The molecule has 1 aromatic heterocycles. The molecule has 25 heavy (non-hydrogen) atoms. The third-order valence-corrected chi connectivity index (χ3v) is 5.24. The van der Waals surface area contributed by atoms with Gasteiger partial charge in [0.25, 0.3) is 0 Å². The summed E-state index contributed by atoms with van der Waals surface area (Å²) in [7, 11) is 0. The molecule has 2 N–H and O–H groups in total. The maximum Gasteiger partial charge on any atom is 0.237 e. The summed E-state index contributed by atoms with van der Waals surface area (Å²) in [4.78, 5) is 14.6. The summed E-state index contributed by atoms with van der Waals surface area (Å²) in [6.07, 6.45) is 4.44. The number of amides is 1. The zero-order valence-electron chi connectivity index (χ0n) is 15.3. The lowest BCUT2D eigenvalue weighted by atomic mass is 9.98. The van der Waals surface area contributed by atoms with Crippen molar-refractivity contribution in [2.24, 2.45) is 5.92 Å². The van der Waals surface area contributed by atoms with Crippen molar-refractivity contribution in [1.29, 1.82) is 0 Å². The van der Waals surface area contributed by atoms with Gasteiger partial charge in [0, 0.05) is 19.6 Å². The van der Waals surface area contributed by atoms with E-state index < -0.39 is 0 Å². The average molecular weight is 371 g/mol. The second kappa shape index (κ2) is 9.50. The molecule has 2 unspecified atom stereocenters. The second-order valence-corrected chi connectivity index (χ2v) is 7.05. The minimum atomic E-state index is 0. The number of aryl methyl sites for hydroxylation is 1. The smallest absolute Gasteiger partial charge is 0.237 e. The molecule has 2 aliphatic rings. The molecule has 3 rings (SSSR count). The quantitative estimate of drug-likeness (QED) is 0.784. The Morgan fingerprint density at radius 1 is 1.32 bits per heavy atom. The van der Waals surface area contributed by atoms with Gasteiger partial charge in [-0.2, -0.15) is 0 Å². The molecule has 1 aromatic rings. The Morgan fingerprint density at radius 3 is 2.88 bits per heavy atom. The van der Waals surface area contributed by atoms with Crippen molar-refractivity contribution in [1.82, 2.24) is 30.3 Å². The number of hydrogen-bond acceptors (Lipinski definition) is 5.